The number of rotatable bonds is 7. The van der Waals surface area contributed by atoms with E-state index in [2.05, 4.69) is 21.4 Å². The highest BCUT2D eigenvalue weighted by Gasteiger charge is 2.23. The minimum absolute atomic E-state index is 0.0608. The first-order valence-corrected chi connectivity index (χ1v) is 10.6. The van der Waals surface area contributed by atoms with Gasteiger partial charge in [0.1, 0.15) is 27.5 Å². The SMILES string of the molecule is CCOC(=O)c1c(NC(=O)CSc2nc(C)nc(C)c2C#N)sc(C)c1CC. The van der Waals surface area contributed by atoms with E-state index in [1.54, 1.807) is 20.8 Å². The van der Waals surface area contributed by atoms with E-state index >= 15 is 0 Å². The number of thiophene rings is 1. The van der Waals surface area contributed by atoms with Crippen molar-refractivity contribution >= 4 is 40.0 Å². The van der Waals surface area contributed by atoms with Gasteiger partial charge in [-0.25, -0.2) is 14.8 Å². The van der Waals surface area contributed by atoms with Crippen LogP contribution in [0.15, 0.2) is 5.03 Å². The highest BCUT2D eigenvalue weighted by Crippen LogP contribution is 2.34. The number of nitrogens with zero attached hydrogens (tertiary/aromatic N) is 3. The molecule has 0 unspecified atom stereocenters. The second-order valence-electron chi connectivity index (χ2n) is 5.90. The molecule has 0 aromatic carbocycles. The fourth-order valence-electron chi connectivity index (χ4n) is 2.72. The van der Waals surface area contributed by atoms with Gasteiger partial charge in [-0.1, -0.05) is 18.7 Å². The number of esters is 1. The summed E-state index contributed by atoms with van der Waals surface area (Å²) in [7, 11) is 0. The first kappa shape index (κ1) is 21.9. The van der Waals surface area contributed by atoms with Crippen molar-refractivity contribution < 1.29 is 14.3 Å². The number of carbonyl (C=O) groups excluding carboxylic acids is 2. The minimum atomic E-state index is -0.430. The maximum absolute atomic E-state index is 12.5. The number of thioether (sulfide) groups is 1. The van der Waals surface area contributed by atoms with E-state index in [0.717, 1.165) is 10.4 Å². The summed E-state index contributed by atoms with van der Waals surface area (Å²) in [6.07, 6.45) is 0.673. The number of nitrogens with one attached hydrogen (secondary N) is 1. The Bertz CT molecular complexity index is 948. The molecular weight excluding hydrogens is 396 g/mol. The zero-order valence-electron chi connectivity index (χ0n) is 16.5. The third-order valence-electron chi connectivity index (χ3n) is 3.92. The van der Waals surface area contributed by atoms with E-state index in [1.165, 1.54) is 23.1 Å². The van der Waals surface area contributed by atoms with Gasteiger partial charge in [-0.05, 0) is 39.7 Å². The Morgan fingerprint density at radius 1 is 1.25 bits per heavy atom. The van der Waals surface area contributed by atoms with Gasteiger partial charge >= 0.3 is 5.97 Å². The molecule has 1 amide bonds. The van der Waals surface area contributed by atoms with Crippen molar-refractivity contribution in [2.24, 2.45) is 0 Å². The summed E-state index contributed by atoms with van der Waals surface area (Å²) in [6, 6.07) is 2.08. The van der Waals surface area contributed by atoms with Crippen molar-refractivity contribution in [2.75, 3.05) is 17.7 Å². The molecule has 2 aromatic heterocycles. The number of ether oxygens (including phenoxy) is 1. The maximum atomic E-state index is 12.5. The summed E-state index contributed by atoms with van der Waals surface area (Å²) >= 11 is 2.53. The molecule has 0 aliphatic carbocycles. The average molecular weight is 419 g/mol. The molecule has 0 aliphatic heterocycles. The van der Waals surface area contributed by atoms with Crippen LogP contribution in [0.25, 0.3) is 0 Å². The van der Waals surface area contributed by atoms with Gasteiger partial charge in [-0.3, -0.25) is 4.79 Å². The van der Waals surface area contributed by atoms with Crippen LogP contribution in [0.4, 0.5) is 5.00 Å². The second-order valence-corrected chi connectivity index (χ2v) is 8.09. The number of nitriles is 1. The third-order valence-corrected chi connectivity index (χ3v) is 5.95. The van der Waals surface area contributed by atoms with Crippen LogP contribution in [0.3, 0.4) is 0 Å². The second kappa shape index (κ2) is 9.66. The van der Waals surface area contributed by atoms with Gasteiger partial charge in [-0.15, -0.1) is 11.3 Å². The van der Waals surface area contributed by atoms with E-state index in [0.29, 0.717) is 39.1 Å². The van der Waals surface area contributed by atoms with Crippen LogP contribution in [0.2, 0.25) is 0 Å². The smallest absolute Gasteiger partial charge is 0.341 e. The molecule has 9 heteroatoms. The molecule has 0 saturated carbocycles. The lowest BCUT2D eigenvalue weighted by molar-refractivity contribution is -0.113. The van der Waals surface area contributed by atoms with Crippen molar-refractivity contribution in [3.05, 3.63) is 33.1 Å². The van der Waals surface area contributed by atoms with E-state index in [9.17, 15) is 14.9 Å². The van der Waals surface area contributed by atoms with Crippen LogP contribution in [-0.4, -0.2) is 34.2 Å². The molecule has 0 aliphatic rings. The van der Waals surface area contributed by atoms with E-state index in [-0.39, 0.29) is 18.3 Å². The van der Waals surface area contributed by atoms with Crippen molar-refractivity contribution in [1.29, 1.82) is 5.26 Å². The van der Waals surface area contributed by atoms with Crippen LogP contribution < -0.4 is 5.32 Å². The van der Waals surface area contributed by atoms with Crippen molar-refractivity contribution in [1.82, 2.24) is 9.97 Å². The Hall–Kier alpha value is -2.44. The molecule has 0 atom stereocenters. The van der Waals surface area contributed by atoms with Gasteiger partial charge in [0, 0.05) is 4.88 Å². The first-order valence-electron chi connectivity index (χ1n) is 8.79. The summed E-state index contributed by atoms with van der Waals surface area (Å²) in [5, 5.41) is 13.1. The normalized spacial score (nSPS) is 10.4. The standard InChI is InChI=1S/C19H22N4O3S2/c1-6-13-11(4)28-18(16(13)19(25)26-7-2)23-15(24)9-27-17-14(8-20)10(3)21-12(5)22-17/h6-7,9H2,1-5H3,(H,23,24). The van der Waals surface area contributed by atoms with Gasteiger partial charge in [0.2, 0.25) is 5.91 Å². The van der Waals surface area contributed by atoms with Crippen molar-refractivity contribution in [2.45, 2.75) is 46.1 Å². The number of aromatic nitrogens is 2. The van der Waals surface area contributed by atoms with Crippen LogP contribution >= 0.6 is 23.1 Å². The number of amides is 1. The molecule has 148 valence electrons. The summed E-state index contributed by atoms with van der Waals surface area (Å²) in [4.78, 5) is 34.3. The molecule has 2 rings (SSSR count). The summed E-state index contributed by atoms with van der Waals surface area (Å²) < 4.78 is 5.15. The summed E-state index contributed by atoms with van der Waals surface area (Å²) in [6.45, 7) is 9.37. The monoisotopic (exact) mass is 418 g/mol. The van der Waals surface area contributed by atoms with Crippen LogP contribution in [0, 0.1) is 32.1 Å². The van der Waals surface area contributed by atoms with Gasteiger partial charge in [0.25, 0.3) is 0 Å². The van der Waals surface area contributed by atoms with Gasteiger partial charge in [-0.2, -0.15) is 5.26 Å². The molecule has 2 aromatic rings. The lowest BCUT2D eigenvalue weighted by Gasteiger charge is -2.09. The Morgan fingerprint density at radius 3 is 2.57 bits per heavy atom. The fourth-order valence-corrected chi connectivity index (χ4v) is 4.75. The fraction of sp³-hybridized carbons (Fsp3) is 0.421. The predicted molar refractivity (Wildman–Crippen MR) is 110 cm³/mol. The number of aryl methyl sites for hydroxylation is 3. The van der Waals surface area contributed by atoms with Gasteiger partial charge in [0.05, 0.1) is 23.6 Å². The quantitative estimate of drug-likeness (QED) is 0.414. The lowest BCUT2D eigenvalue weighted by atomic mass is 10.1. The number of carbonyl (C=O) groups is 2. The predicted octanol–water partition coefficient (Wildman–Crippen LogP) is 3.80. The van der Waals surface area contributed by atoms with Crippen LogP contribution in [0.5, 0.6) is 0 Å². The van der Waals surface area contributed by atoms with Crippen molar-refractivity contribution in [3.8, 4) is 6.07 Å². The molecule has 2 heterocycles. The molecule has 0 saturated heterocycles. The van der Waals surface area contributed by atoms with Gasteiger partial charge < -0.3 is 10.1 Å². The highest BCUT2D eigenvalue weighted by molar-refractivity contribution is 8.00. The molecule has 7 nitrogen and oxygen atoms in total. The molecular formula is C19H22N4O3S2. The molecule has 0 bridgehead atoms. The topological polar surface area (TPSA) is 105 Å². The summed E-state index contributed by atoms with van der Waals surface area (Å²) in [5.41, 5.74) is 2.27. The zero-order valence-corrected chi connectivity index (χ0v) is 18.1. The number of hydrogen-bond donors (Lipinski definition) is 1. The first-order chi connectivity index (χ1) is 13.3. The van der Waals surface area contributed by atoms with Crippen LogP contribution in [0.1, 0.15) is 51.7 Å². The summed E-state index contributed by atoms with van der Waals surface area (Å²) in [5.74, 6) is -0.103. The molecule has 1 N–H and O–H groups in total. The van der Waals surface area contributed by atoms with Crippen molar-refractivity contribution in [3.63, 3.8) is 0 Å². The molecule has 0 fully saturated rings. The number of anilines is 1. The largest absolute Gasteiger partial charge is 0.462 e. The van der Waals surface area contributed by atoms with E-state index in [1.807, 2.05) is 13.8 Å². The Morgan fingerprint density at radius 2 is 1.96 bits per heavy atom. The highest BCUT2D eigenvalue weighted by atomic mass is 32.2. The Labute approximate surface area is 172 Å². The van der Waals surface area contributed by atoms with E-state index in [4.69, 9.17) is 4.74 Å². The third kappa shape index (κ3) is 4.88. The van der Waals surface area contributed by atoms with Crippen LogP contribution in [-0.2, 0) is 16.0 Å². The molecule has 28 heavy (non-hydrogen) atoms. The molecule has 0 spiro atoms. The lowest BCUT2D eigenvalue weighted by Crippen LogP contribution is -2.17. The minimum Gasteiger partial charge on any atom is -0.462 e. The maximum Gasteiger partial charge on any atom is 0.341 e. The average Bonchev–Trinajstić information content (AvgIpc) is 2.94. The Balaban J connectivity index is 2.19. The van der Waals surface area contributed by atoms with E-state index < -0.39 is 5.97 Å². The number of hydrogen-bond acceptors (Lipinski definition) is 8. The molecule has 0 radical (unpaired) electrons. The van der Waals surface area contributed by atoms with Gasteiger partial charge in [0.15, 0.2) is 0 Å². The zero-order chi connectivity index (χ0) is 20.8. The Kier molecular flexibility index (Phi) is 7.54.